The maximum absolute atomic E-state index is 12.8. The summed E-state index contributed by atoms with van der Waals surface area (Å²) in [5.74, 6) is 0.670. The zero-order valence-corrected chi connectivity index (χ0v) is 20.0. The van der Waals surface area contributed by atoms with Crippen molar-refractivity contribution in [2.24, 2.45) is 0 Å². The Labute approximate surface area is 202 Å². The van der Waals surface area contributed by atoms with Gasteiger partial charge in [0.1, 0.15) is 6.54 Å². The number of benzene rings is 1. The SMILES string of the molecule is COc1cc2ncn(CCCC(=O)Nc3cnn(CC(=O)NC4CCCC4)c3)c(=O)c2cc1OC. The van der Waals surface area contributed by atoms with Crippen LogP contribution in [0.2, 0.25) is 0 Å². The van der Waals surface area contributed by atoms with Crippen molar-refractivity contribution < 1.29 is 19.1 Å². The van der Waals surface area contributed by atoms with E-state index in [0.29, 0.717) is 41.1 Å². The van der Waals surface area contributed by atoms with Crippen molar-refractivity contribution in [3.63, 3.8) is 0 Å². The zero-order chi connectivity index (χ0) is 24.8. The number of anilines is 1. The standard InChI is InChI=1S/C24H30N6O5/c1-34-20-10-18-19(11-21(20)35-2)25-15-29(24(18)33)9-5-8-22(31)28-17-12-26-30(13-17)14-23(32)27-16-6-3-4-7-16/h10-13,15-16H,3-9,14H2,1-2H3,(H,27,32)(H,28,31). The molecule has 186 valence electrons. The fourth-order valence-corrected chi connectivity index (χ4v) is 4.28. The molecule has 2 amide bonds. The van der Waals surface area contributed by atoms with Crippen molar-refractivity contribution in [1.82, 2.24) is 24.6 Å². The Morgan fingerprint density at radius 1 is 1.11 bits per heavy atom. The third-order valence-electron chi connectivity index (χ3n) is 6.08. The number of nitrogens with zero attached hydrogens (tertiary/aromatic N) is 4. The van der Waals surface area contributed by atoms with E-state index in [1.54, 1.807) is 18.3 Å². The lowest BCUT2D eigenvalue weighted by molar-refractivity contribution is -0.122. The van der Waals surface area contributed by atoms with Gasteiger partial charge in [-0.15, -0.1) is 0 Å². The highest BCUT2D eigenvalue weighted by Crippen LogP contribution is 2.29. The van der Waals surface area contributed by atoms with Crippen LogP contribution >= 0.6 is 0 Å². The summed E-state index contributed by atoms with van der Waals surface area (Å²) in [7, 11) is 3.03. The fourth-order valence-electron chi connectivity index (χ4n) is 4.28. The smallest absolute Gasteiger partial charge is 0.261 e. The fraction of sp³-hybridized carbons (Fsp3) is 0.458. The minimum absolute atomic E-state index is 0.0802. The maximum Gasteiger partial charge on any atom is 0.261 e. The van der Waals surface area contributed by atoms with E-state index in [-0.39, 0.29) is 36.4 Å². The number of amides is 2. The highest BCUT2D eigenvalue weighted by molar-refractivity contribution is 5.90. The molecule has 11 nitrogen and oxygen atoms in total. The van der Waals surface area contributed by atoms with Crippen molar-refractivity contribution in [3.8, 4) is 11.5 Å². The van der Waals surface area contributed by atoms with Crippen LogP contribution in [-0.2, 0) is 22.7 Å². The van der Waals surface area contributed by atoms with E-state index in [0.717, 1.165) is 25.7 Å². The van der Waals surface area contributed by atoms with E-state index in [1.165, 1.54) is 36.0 Å². The van der Waals surface area contributed by atoms with Crippen molar-refractivity contribution in [1.29, 1.82) is 0 Å². The lowest BCUT2D eigenvalue weighted by Gasteiger charge is -2.11. The molecule has 11 heteroatoms. The minimum atomic E-state index is -0.214. The predicted molar refractivity (Wildman–Crippen MR) is 130 cm³/mol. The molecule has 35 heavy (non-hydrogen) atoms. The van der Waals surface area contributed by atoms with Gasteiger partial charge in [0.05, 0.1) is 43.3 Å². The molecule has 2 aromatic heterocycles. The van der Waals surface area contributed by atoms with E-state index in [4.69, 9.17) is 9.47 Å². The van der Waals surface area contributed by atoms with Gasteiger partial charge in [0.2, 0.25) is 11.8 Å². The topological polar surface area (TPSA) is 129 Å². The Kier molecular flexibility index (Phi) is 7.64. The Balaban J connectivity index is 1.28. The van der Waals surface area contributed by atoms with Crippen LogP contribution in [0.15, 0.2) is 35.6 Å². The van der Waals surface area contributed by atoms with Crippen LogP contribution in [0.25, 0.3) is 10.9 Å². The average Bonchev–Trinajstić information content (AvgIpc) is 3.51. The summed E-state index contributed by atoms with van der Waals surface area (Å²) in [5, 5.41) is 10.4. The van der Waals surface area contributed by atoms with Gasteiger partial charge in [0, 0.05) is 31.3 Å². The Bertz CT molecular complexity index is 1260. The molecule has 1 aliphatic rings. The van der Waals surface area contributed by atoms with Crippen LogP contribution in [0.4, 0.5) is 5.69 Å². The largest absolute Gasteiger partial charge is 0.493 e. The summed E-state index contributed by atoms with van der Waals surface area (Å²) in [6, 6.07) is 3.52. The number of methoxy groups -OCH3 is 2. The van der Waals surface area contributed by atoms with E-state index in [9.17, 15) is 14.4 Å². The molecule has 2 heterocycles. The number of hydrogen-bond donors (Lipinski definition) is 2. The second-order valence-electron chi connectivity index (χ2n) is 8.59. The number of ether oxygens (including phenoxy) is 2. The van der Waals surface area contributed by atoms with E-state index in [2.05, 4.69) is 20.7 Å². The first kappa shape index (κ1) is 24.2. The molecule has 0 aliphatic heterocycles. The molecule has 1 fully saturated rings. The van der Waals surface area contributed by atoms with Gasteiger partial charge in [0.25, 0.3) is 5.56 Å². The Morgan fingerprint density at radius 3 is 2.60 bits per heavy atom. The molecule has 1 saturated carbocycles. The van der Waals surface area contributed by atoms with Crippen molar-refractivity contribution in [2.45, 2.75) is 57.7 Å². The number of carbonyl (C=O) groups is 2. The first-order valence-corrected chi connectivity index (χ1v) is 11.7. The van der Waals surface area contributed by atoms with Gasteiger partial charge < -0.3 is 20.1 Å². The molecule has 0 spiro atoms. The third-order valence-corrected chi connectivity index (χ3v) is 6.08. The third kappa shape index (κ3) is 5.97. The molecular weight excluding hydrogens is 452 g/mol. The van der Waals surface area contributed by atoms with Gasteiger partial charge in [-0.2, -0.15) is 5.10 Å². The van der Waals surface area contributed by atoms with Gasteiger partial charge in [-0.05, 0) is 25.3 Å². The number of hydrogen-bond acceptors (Lipinski definition) is 7. The highest BCUT2D eigenvalue weighted by Gasteiger charge is 2.17. The number of carbonyl (C=O) groups excluding carboxylic acids is 2. The number of fused-ring (bicyclic) bond motifs is 1. The van der Waals surface area contributed by atoms with E-state index >= 15 is 0 Å². The molecule has 1 aliphatic carbocycles. The van der Waals surface area contributed by atoms with Gasteiger partial charge in [-0.1, -0.05) is 12.8 Å². The van der Waals surface area contributed by atoms with Crippen LogP contribution < -0.4 is 25.7 Å². The van der Waals surface area contributed by atoms with Crippen LogP contribution in [0.3, 0.4) is 0 Å². The van der Waals surface area contributed by atoms with E-state index in [1.807, 2.05) is 0 Å². The molecule has 0 atom stereocenters. The summed E-state index contributed by atoms with van der Waals surface area (Å²) in [6.07, 6.45) is 9.62. The number of rotatable bonds is 10. The maximum atomic E-state index is 12.8. The highest BCUT2D eigenvalue weighted by atomic mass is 16.5. The van der Waals surface area contributed by atoms with Crippen LogP contribution in [-0.4, -0.2) is 51.4 Å². The van der Waals surface area contributed by atoms with Crippen LogP contribution in [0.1, 0.15) is 38.5 Å². The zero-order valence-electron chi connectivity index (χ0n) is 20.0. The van der Waals surface area contributed by atoms with Gasteiger partial charge in [-0.25, -0.2) is 4.98 Å². The molecular formula is C24H30N6O5. The summed E-state index contributed by atoms with van der Waals surface area (Å²) in [5.41, 5.74) is 0.818. The van der Waals surface area contributed by atoms with Crippen molar-refractivity contribution in [2.75, 3.05) is 19.5 Å². The summed E-state index contributed by atoms with van der Waals surface area (Å²) in [4.78, 5) is 41.7. The quantitative estimate of drug-likeness (QED) is 0.453. The Hall–Kier alpha value is -3.89. The summed E-state index contributed by atoms with van der Waals surface area (Å²) in [6.45, 7) is 0.449. The van der Waals surface area contributed by atoms with Gasteiger partial charge in [-0.3, -0.25) is 23.6 Å². The number of nitrogens with one attached hydrogen (secondary N) is 2. The Morgan fingerprint density at radius 2 is 1.86 bits per heavy atom. The number of aryl methyl sites for hydroxylation is 1. The molecule has 4 rings (SSSR count). The molecule has 3 aromatic rings. The molecule has 0 bridgehead atoms. The van der Waals surface area contributed by atoms with Crippen LogP contribution in [0.5, 0.6) is 11.5 Å². The molecule has 1 aromatic carbocycles. The average molecular weight is 483 g/mol. The summed E-state index contributed by atoms with van der Waals surface area (Å²) >= 11 is 0. The van der Waals surface area contributed by atoms with Crippen molar-refractivity contribution >= 4 is 28.4 Å². The second-order valence-corrected chi connectivity index (χ2v) is 8.59. The normalized spacial score (nSPS) is 13.7. The molecule has 0 radical (unpaired) electrons. The minimum Gasteiger partial charge on any atom is -0.493 e. The lowest BCUT2D eigenvalue weighted by atomic mass is 10.2. The number of aromatic nitrogens is 4. The van der Waals surface area contributed by atoms with Gasteiger partial charge >= 0.3 is 0 Å². The molecule has 0 unspecified atom stereocenters. The van der Waals surface area contributed by atoms with Crippen LogP contribution in [0, 0.1) is 0 Å². The second kappa shape index (κ2) is 11.0. The van der Waals surface area contributed by atoms with Crippen molar-refractivity contribution in [3.05, 3.63) is 41.2 Å². The summed E-state index contributed by atoms with van der Waals surface area (Å²) < 4.78 is 13.5. The molecule has 0 saturated heterocycles. The lowest BCUT2D eigenvalue weighted by Crippen LogP contribution is -2.35. The first-order valence-electron chi connectivity index (χ1n) is 11.7. The van der Waals surface area contributed by atoms with E-state index < -0.39 is 0 Å². The monoisotopic (exact) mass is 482 g/mol. The first-order chi connectivity index (χ1) is 17.0. The van der Waals surface area contributed by atoms with Gasteiger partial charge in [0.15, 0.2) is 11.5 Å². The molecule has 2 N–H and O–H groups in total. The predicted octanol–water partition coefficient (Wildman–Crippen LogP) is 2.09.